The Morgan fingerprint density at radius 1 is 1.08 bits per heavy atom. The van der Waals surface area contributed by atoms with Crippen molar-refractivity contribution in [2.45, 2.75) is 25.6 Å². The van der Waals surface area contributed by atoms with E-state index in [0.717, 1.165) is 39.3 Å². The van der Waals surface area contributed by atoms with E-state index in [-0.39, 0.29) is 12.1 Å². The van der Waals surface area contributed by atoms with Crippen LogP contribution in [0.15, 0.2) is 48.8 Å². The summed E-state index contributed by atoms with van der Waals surface area (Å²) in [5, 5.41) is 17.9. The van der Waals surface area contributed by atoms with Crippen LogP contribution >= 0.6 is 0 Å². The predicted molar refractivity (Wildman–Crippen MR) is 101 cm³/mol. The molecule has 136 valence electrons. The van der Waals surface area contributed by atoms with E-state index in [4.69, 9.17) is 0 Å². The van der Waals surface area contributed by atoms with Gasteiger partial charge in [-0.15, -0.1) is 0 Å². The molecule has 0 amide bonds. The van der Waals surface area contributed by atoms with Gasteiger partial charge in [-0.05, 0) is 25.1 Å². The monoisotopic (exact) mass is 343 g/mol. The van der Waals surface area contributed by atoms with Crippen LogP contribution < -0.4 is 10.2 Å². The van der Waals surface area contributed by atoms with E-state index in [1.807, 2.05) is 16.9 Å². The largest absolute Gasteiger partial charge is 0.390 e. The number of hydrogen-bond donors (Lipinski definition) is 2. The summed E-state index contributed by atoms with van der Waals surface area (Å²) in [7, 11) is 0. The highest BCUT2D eigenvalue weighted by molar-refractivity contribution is 5.46. The Hall–Kier alpha value is -1.89. The number of para-hydroxylation sites is 1. The molecule has 0 radical (unpaired) electrons. The summed E-state index contributed by atoms with van der Waals surface area (Å²) < 4.78 is 1.91. The maximum Gasteiger partial charge on any atom is 0.0791 e. The van der Waals surface area contributed by atoms with Crippen LogP contribution in [0.2, 0.25) is 0 Å². The van der Waals surface area contributed by atoms with E-state index in [0.29, 0.717) is 6.54 Å². The van der Waals surface area contributed by atoms with Crippen LogP contribution in [-0.2, 0) is 6.54 Å². The summed E-state index contributed by atoms with van der Waals surface area (Å²) in [6.45, 7) is 8.29. The third-order valence-corrected chi connectivity index (χ3v) is 4.68. The predicted octanol–water partition coefficient (Wildman–Crippen LogP) is 1.04. The molecule has 1 aromatic heterocycles. The average molecular weight is 343 g/mol. The molecule has 0 aliphatic carbocycles. The smallest absolute Gasteiger partial charge is 0.0791 e. The lowest BCUT2D eigenvalue weighted by Gasteiger charge is -2.37. The van der Waals surface area contributed by atoms with Gasteiger partial charge in [0.2, 0.25) is 0 Å². The van der Waals surface area contributed by atoms with Crippen LogP contribution in [0.4, 0.5) is 5.69 Å². The highest BCUT2D eigenvalue weighted by Crippen LogP contribution is 2.15. The summed E-state index contributed by atoms with van der Waals surface area (Å²) >= 11 is 0. The molecule has 0 spiro atoms. The Balaban J connectivity index is 1.34. The Kier molecular flexibility index (Phi) is 6.44. The zero-order valence-electron chi connectivity index (χ0n) is 15.0. The van der Waals surface area contributed by atoms with Crippen molar-refractivity contribution >= 4 is 5.69 Å². The molecule has 0 unspecified atom stereocenters. The molecule has 0 bridgehead atoms. The van der Waals surface area contributed by atoms with Gasteiger partial charge < -0.3 is 15.3 Å². The minimum atomic E-state index is -0.344. The van der Waals surface area contributed by atoms with Gasteiger partial charge in [-0.25, -0.2) is 0 Å². The molecule has 1 aromatic carbocycles. The number of nitrogens with zero attached hydrogens (tertiary/aromatic N) is 4. The van der Waals surface area contributed by atoms with Gasteiger partial charge in [0.1, 0.15) is 0 Å². The summed E-state index contributed by atoms with van der Waals surface area (Å²) in [6, 6.07) is 12.8. The summed E-state index contributed by atoms with van der Waals surface area (Å²) in [5.41, 5.74) is 1.29. The zero-order chi connectivity index (χ0) is 17.5. The number of anilines is 1. The van der Waals surface area contributed by atoms with Gasteiger partial charge in [-0.3, -0.25) is 9.58 Å². The summed E-state index contributed by atoms with van der Waals surface area (Å²) in [6.07, 6.45) is 3.40. The Morgan fingerprint density at radius 3 is 2.52 bits per heavy atom. The van der Waals surface area contributed by atoms with E-state index in [2.05, 4.69) is 57.5 Å². The number of piperazine rings is 1. The van der Waals surface area contributed by atoms with Crippen molar-refractivity contribution in [3.05, 3.63) is 48.8 Å². The highest BCUT2D eigenvalue weighted by Gasteiger charge is 2.19. The Morgan fingerprint density at radius 2 is 1.84 bits per heavy atom. The number of aliphatic hydroxyl groups excluding tert-OH is 1. The van der Waals surface area contributed by atoms with Crippen LogP contribution in [-0.4, -0.2) is 71.2 Å². The Bertz CT molecular complexity index is 596. The number of rotatable bonds is 8. The lowest BCUT2D eigenvalue weighted by Crippen LogP contribution is -2.50. The third-order valence-electron chi connectivity index (χ3n) is 4.68. The first kappa shape index (κ1) is 17.9. The van der Waals surface area contributed by atoms with Crippen LogP contribution in [0, 0.1) is 0 Å². The average Bonchev–Trinajstić information content (AvgIpc) is 3.14. The second-order valence-electron chi connectivity index (χ2n) is 6.81. The molecular formula is C19H29N5O. The number of aromatic nitrogens is 2. The van der Waals surface area contributed by atoms with Gasteiger partial charge in [0, 0.05) is 63.4 Å². The lowest BCUT2D eigenvalue weighted by atomic mass is 10.2. The van der Waals surface area contributed by atoms with Gasteiger partial charge >= 0.3 is 0 Å². The second-order valence-corrected chi connectivity index (χ2v) is 6.81. The van der Waals surface area contributed by atoms with Crippen molar-refractivity contribution in [2.75, 3.05) is 44.2 Å². The Labute approximate surface area is 150 Å². The first-order valence-electron chi connectivity index (χ1n) is 9.12. The molecule has 1 saturated heterocycles. The molecule has 1 aliphatic rings. The minimum absolute atomic E-state index is 0.282. The fourth-order valence-corrected chi connectivity index (χ4v) is 3.28. The molecule has 2 aromatic rings. The summed E-state index contributed by atoms with van der Waals surface area (Å²) in [4.78, 5) is 4.76. The van der Waals surface area contributed by atoms with Crippen LogP contribution in [0.1, 0.15) is 6.92 Å². The standard InChI is InChI=1S/C19H29N5O/c1-17(15-24-9-5-8-21-24)20-14-19(25)16-22-10-12-23(13-11-22)18-6-3-2-4-7-18/h2-9,17,19-20,25H,10-16H2,1H3/t17-,19+/m0/s1. The maximum absolute atomic E-state index is 10.3. The lowest BCUT2D eigenvalue weighted by molar-refractivity contribution is 0.105. The molecule has 1 fully saturated rings. The molecule has 1 aliphatic heterocycles. The number of β-amino-alcohol motifs (C(OH)–C–C–N with tert-alkyl or cyclic N) is 1. The molecular weight excluding hydrogens is 314 g/mol. The van der Waals surface area contributed by atoms with Gasteiger partial charge in [0.25, 0.3) is 0 Å². The molecule has 6 heteroatoms. The quantitative estimate of drug-likeness (QED) is 0.750. The van der Waals surface area contributed by atoms with Crippen LogP contribution in [0.25, 0.3) is 0 Å². The van der Waals surface area contributed by atoms with Crippen LogP contribution in [0.3, 0.4) is 0 Å². The van der Waals surface area contributed by atoms with Gasteiger partial charge in [0.05, 0.1) is 12.6 Å². The van der Waals surface area contributed by atoms with Crippen LogP contribution in [0.5, 0.6) is 0 Å². The van der Waals surface area contributed by atoms with Crippen molar-refractivity contribution in [3.63, 3.8) is 0 Å². The zero-order valence-corrected chi connectivity index (χ0v) is 15.0. The molecule has 2 atom stereocenters. The van der Waals surface area contributed by atoms with Gasteiger partial charge in [-0.2, -0.15) is 5.10 Å². The molecule has 25 heavy (non-hydrogen) atoms. The highest BCUT2D eigenvalue weighted by atomic mass is 16.3. The number of hydrogen-bond acceptors (Lipinski definition) is 5. The maximum atomic E-state index is 10.3. The minimum Gasteiger partial charge on any atom is -0.390 e. The molecule has 3 rings (SSSR count). The summed E-state index contributed by atoms with van der Waals surface area (Å²) in [5.74, 6) is 0. The third kappa shape index (κ3) is 5.56. The fraction of sp³-hybridized carbons (Fsp3) is 0.526. The van der Waals surface area contributed by atoms with Crippen molar-refractivity contribution < 1.29 is 5.11 Å². The second kappa shape index (κ2) is 8.99. The normalized spacial score (nSPS) is 18.2. The van der Waals surface area contributed by atoms with E-state index < -0.39 is 0 Å². The fourth-order valence-electron chi connectivity index (χ4n) is 3.28. The number of nitrogens with one attached hydrogen (secondary N) is 1. The first-order valence-corrected chi connectivity index (χ1v) is 9.12. The molecule has 2 heterocycles. The number of aliphatic hydroxyl groups is 1. The topological polar surface area (TPSA) is 56.6 Å². The molecule has 2 N–H and O–H groups in total. The van der Waals surface area contributed by atoms with Gasteiger partial charge in [0.15, 0.2) is 0 Å². The van der Waals surface area contributed by atoms with E-state index >= 15 is 0 Å². The van der Waals surface area contributed by atoms with Crippen molar-refractivity contribution in [1.82, 2.24) is 20.0 Å². The SMILES string of the molecule is C[C@@H](Cn1cccn1)NC[C@@H](O)CN1CCN(c2ccccc2)CC1. The van der Waals surface area contributed by atoms with E-state index in [9.17, 15) is 5.11 Å². The van der Waals surface area contributed by atoms with E-state index in [1.54, 1.807) is 6.20 Å². The van der Waals surface area contributed by atoms with Crippen molar-refractivity contribution in [3.8, 4) is 0 Å². The van der Waals surface area contributed by atoms with Crippen molar-refractivity contribution in [1.29, 1.82) is 0 Å². The van der Waals surface area contributed by atoms with E-state index in [1.165, 1.54) is 5.69 Å². The van der Waals surface area contributed by atoms with Crippen molar-refractivity contribution in [2.24, 2.45) is 0 Å². The van der Waals surface area contributed by atoms with Gasteiger partial charge in [-0.1, -0.05) is 18.2 Å². The first-order chi connectivity index (χ1) is 12.2. The molecule has 6 nitrogen and oxygen atoms in total. The molecule has 0 saturated carbocycles. The number of benzene rings is 1.